The number of hydrogen-bond donors (Lipinski definition) is 0. The molecule has 1 aliphatic rings. The van der Waals surface area contributed by atoms with Gasteiger partial charge in [0.2, 0.25) is 5.91 Å². The highest BCUT2D eigenvalue weighted by molar-refractivity contribution is 6.01. The molecule has 0 unspecified atom stereocenters. The van der Waals surface area contributed by atoms with Crippen LogP contribution in [0.2, 0.25) is 0 Å². The Morgan fingerprint density at radius 3 is 2.26 bits per heavy atom. The molecule has 9 nitrogen and oxygen atoms in total. The first kappa shape index (κ1) is 23.6. The van der Waals surface area contributed by atoms with Crippen molar-refractivity contribution >= 4 is 29.0 Å². The van der Waals surface area contributed by atoms with Gasteiger partial charge in [-0.15, -0.1) is 0 Å². The van der Waals surface area contributed by atoms with Gasteiger partial charge in [-0.05, 0) is 55.0 Å². The molecular formula is C26H22N2O7. The monoisotopic (exact) mass is 474 g/mol. The van der Waals surface area contributed by atoms with Crippen LogP contribution in [0.25, 0.3) is 0 Å². The summed E-state index contributed by atoms with van der Waals surface area (Å²) in [5.41, 5.74) is 1.99. The molecule has 4 rings (SSSR count). The molecule has 1 amide bonds. The lowest BCUT2D eigenvalue weighted by atomic mass is 10.1. The molecule has 1 fully saturated rings. The maximum atomic E-state index is 12.5. The van der Waals surface area contributed by atoms with E-state index in [4.69, 9.17) is 9.47 Å². The lowest BCUT2D eigenvalue weighted by Crippen LogP contribution is -2.27. The highest BCUT2D eigenvalue weighted by Gasteiger charge is 2.36. The Kier molecular flexibility index (Phi) is 6.86. The maximum absolute atomic E-state index is 12.5. The summed E-state index contributed by atoms with van der Waals surface area (Å²) in [5, 5.41) is 10.7. The third kappa shape index (κ3) is 5.52. The van der Waals surface area contributed by atoms with Crippen LogP contribution in [-0.2, 0) is 14.3 Å². The molecule has 3 aromatic carbocycles. The van der Waals surface area contributed by atoms with Gasteiger partial charge in [0.05, 0.1) is 10.8 Å². The number of rotatable bonds is 8. The molecule has 0 saturated carbocycles. The standard InChI is InChI=1S/C26H22N2O7/c1-17-4-2-3-5-23(17)27-15-19(14-25(27)30)26(31)34-16-24(29)18-6-10-21(11-7-18)35-22-12-8-20(9-13-22)28(32)33/h2-13,19H,14-16H2,1H3/t19-/m1/s1. The van der Waals surface area contributed by atoms with Crippen molar-refractivity contribution in [2.24, 2.45) is 5.92 Å². The third-order valence-corrected chi connectivity index (χ3v) is 5.67. The number of ketones is 1. The molecule has 0 radical (unpaired) electrons. The summed E-state index contributed by atoms with van der Waals surface area (Å²) in [7, 11) is 0. The van der Waals surface area contributed by atoms with Crippen LogP contribution in [0, 0.1) is 23.0 Å². The number of esters is 1. The molecule has 0 spiro atoms. The zero-order chi connectivity index (χ0) is 24.9. The number of non-ortho nitro benzene ring substituents is 1. The SMILES string of the molecule is Cc1ccccc1N1C[C@H](C(=O)OCC(=O)c2ccc(Oc3ccc([N+](=O)[O-])cc3)cc2)CC1=O. The summed E-state index contributed by atoms with van der Waals surface area (Å²) < 4.78 is 10.8. The maximum Gasteiger partial charge on any atom is 0.311 e. The number of hydrogen-bond acceptors (Lipinski definition) is 7. The van der Waals surface area contributed by atoms with E-state index in [0.717, 1.165) is 11.3 Å². The van der Waals surface area contributed by atoms with Crippen LogP contribution >= 0.6 is 0 Å². The molecule has 1 atom stereocenters. The first-order valence-corrected chi connectivity index (χ1v) is 10.9. The summed E-state index contributed by atoms with van der Waals surface area (Å²) in [5.74, 6) is -0.910. The van der Waals surface area contributed by atoms with Crippen molar-refractivity contribution < 1.29 is 28.8 Å². The number of carbonyl (C=O) groups excluding carboxylic acids is 3. The van der Waals surface area contributed by atoms with E-state index in [1.54, 1.807) is 17.0 Å². The van der Waals surface area contributed by atoms with Crippen LogP contribution in [0.15, 0.2) is 72.8 Å². The first-order chi connectivity index (χ1) is 16.8. The van der Waals surface area contributed by atoms with E-state index < -0.39 is 23.4 Å². The quantitative estimate of drug-likeness (QED) is 0.205. The van der Waals surface area contributed by atoms with Crippen LogP contribution in [-0.4, -0.2) is 35.7 Å². The molecule has 1 heterocycles. The van der Waals surface area contributed by atoms with E-state index in [0.29, 0.717) is 17.1 Å². The summed E-state index contributed by atoms with van der Waals surface area (Å²) in [6.45, 7) is 1.68. The van der Waals surface area contributed by atoms with Crippen molar-refractivity contribution in [3.05, 3.63) is 94.0 Å². The van der Waals surface area contributed by atoms with Crippen LogP contribution in [0.5, 0.6) is 11.5 Å². The van der Waals surface area contributed by atoms with Crippen LogP contribution in [0.1, 0.15) is 22.3 Å². The van der Waals surface area contributed by atoms with E-state index in [2.05, 4.69) is 0 Å². The van der Waals surface area contributed by atoms with Crippen molar-refractivity contribution in [1.29, 1.82) is 0 Å². The fourth-order valence-electron chi connectivity index (χ4n) is 3.78. The summed E-state index contributed by atoms with van der Waals surface area (Å²) in [4.78, 5) is 49.2. The zero-order valence-electron chi connectivity index (χ0n) is 18.9. The molecule has 3 aromatic rings. The molecular weight excluding hydrogens is 452 g/mol. The van der Waals surface area contributed by atoms with E-state index in [1.165, 1.54) is 36.4 Å². The lowest BCUT2D eigenvalue weighted by molar-refractivity contribution is -0.384. The fourth-order valence-corrected chi connectivity index (χ4v) is 3.78. The third-order valence-electron chi connectivity index (χ3n) is 5.67. The normalized spacial score (nSPS) is 15.1. The van der Waals surface area contributed by atoms with Gasteiger partial charge in [-0.3, -0.25) is 24.5 Å². The lowest BCUT2D eigenvalue weighted by Gasteiger charge is -2.18. The van der Waals surface area contributed by atoms with E-state index in [1.807, 2.05) is 31.2 Å². The van der Waals surface area contributed by atoms with Crippen molar-refractivity contribution in [2.45, 2.75) is 13.3 Å². The van der Waals surface area contributed by atoms with Crippen molar-refractivity contribution in [3.8, 4) is 11.5 Å². The largest absolute Gasteiger partial charge is 0.457 e. The van der Waals surface area contributed by atoms with Crippen LogP contribution in [0.4, 0.5) is 11.4 Å². The molecule has 35 heavy (non-hydrogen) atoms. The molecule has 0 aromatic heterocycles. The number of benzene rings is 3. The average Bonchev–Trinajstić information content (AvgIpc) is 3.25. The Morgan fingerprint density at radius 2 is 1.63 bits per heavy atom. The molecule has 1 aliphatic heterocycles. The van der Waals surface area contributed by atoms with Gasteiger partial charge in [0.15, 0.2) is 12.4 Å². The minimum absolute atomic E-state index is 0.0377. The van der Waals surface area contributed by atoms with Crippen LogP contribution < -0.4 is 9.64 Å². The first-order valence-electron chi connectivity index (χ1n) is 10.9. The number of amides is 1. The van der Waals surface area contributed by atoms with E-state index in [9.17, 15) is 24.5 Å². The molecule has 9 heteroatoms. The van der Waals surface area contributed by atoms with E-state index >= 15 is 0 Å². The summed E-state index contributed by atoms with van der Waals surface area (Å²) in [6.07, 6.45) is 0.0377. The number of ether oxygens (including phenoxy) is 2. The number of aryl methyl sites for hydroxylation is 1. The Labute approximate surface area is 201 Å². The second kappa shape index (κ2) is 10.2. The summed E-state index contributed by atoms with van der Waals surface area (Å²) in [6, 6.07) is 19.3. The Morgan fingerprint density at radius 1 is 1.00 bits per heavy atom. The average molecular weight is 474 g/mol. The number of nitro benzene ring substituents is 1. The van der Waals surface area contributed by atoms with Gasteiger partial charge in [0.25, 0.3) is 5.69 Å². The number of anilines is 1. The van der Waals surface area contributed by atoms with Gasteiger partial charge in [0, 0.05) is 36.3 Å². The minimum Gasteiger partial charge on any atom is -0.457 e. The van der Waals surface area contributed by atoms with Crippen molar-refractivity contribution in [1.82, 2.24) is 0 Å². The van der Waals surface area contributed by atoms with Gasteiger partial charge in [-0.25, -0.2) is 0 Å². The predicted molar refractivity (Wildman–Crippen MR) is 127 cm³/mol. The fraction of sp³-hybridized carbons (Fsp3) is 0.192. The Bertz CT molecular complexity index is 1270. The van der Waals surface area contributed by atoms with Gasteiger partial charge in [0.1, 0.15) is 11.5 Å². The topological polar surface area (TPSA) is 116 Å². The van der Waals surface area contributed by atoms with Crippen LogP contribution in [0.3, 0.4) is 0 Å². The highest BCUT2D eigenvalue weighted by Crippen LogP contribution is 2.28. The molecule has 178 valence electrons. The van der Waals surface area contributed by atoms with Gasteiger partial charge < -0.3 is 14.4 Å². The van der Waals surface area contributed by atoms with Gasteiger partial charge >= 0.3 is 5.97 Å². The molecule has 0 aliphatic carbocycles. The van der Waals surface area contributed by atoms with Crippen molar-refractivity contribution in [2.75, 3.05) is 18.1 Å². The number of para-hydroxylation sites is 1. The Balaban J connectivity index is 1.30. The number of Topliss-reactive ketones (excluding diaryl/α,β-unsaturated/α-hetero) is 1. The van der Waals surface area contributed by atoms with Crippen molar-refractivity contribution in [3.63, 3.8) is 0 Å². The Hall–Kier alpha value is -4.53. The zero-order valence-corrected chi connectivity index (χ0v) is 18.9. The smallest absolute Gasteiger partial charge is 0.311 e. The number of nitro groups is 1. The number of carbonyl (C=O) groups is 3. The highest BCUT2D eigenvalue weighted by atomic mass is 16.6. The molecule has 0 bridgehead atoms. The van der Waals surface area contributed by atoms with Gasteiger partial charge in [-0.1, -0.05) is 18.2 Å². The van der Waals surface area contributed by atoms with E-state index in [-0.39, 0.29) is 30.3 Å². The summed E-state index contributed by atoms with van der Waals surface area (Å²) >= 11 is 0. The molecule has 0 N–H and O–H groups in total. The second-order valence-electron chi connectivity index (χ2n) is 8.10. The second-order valence-corrected chi connectivity index (χ2v) is 8.10. The predicted octanol–water partition coefficient (Wildman–Crippen LogP) is 4.47. The number of nitrogens with zero attached hydrogens (tertiary/aromatic N) is 2. The van der Waals surface area contributed by atoms with Gasteiger partial charge in [-0.2, -0.15) is 0 Å². The molecule has 1 saturated heterocycles. The minimum atomic E-state index is -0.632.